The van der Waals surface area contributed by atoms with E-state index in [0.717, 1.165) is 6.33 Å². The summed E-state index contributed by atoms with van der Waals surface area (Å²) in [7, 11) is 0. The fourth-order valence-electron chi connectivity index (χ4n) is 0.358. The third kappa shape index (κ3) is 1.07. The first kappa shape index (κ1) is 5.31. The first-order valence-corrected chi connectivity index (χ1v) is 2.36. The van der Waals surface area contributed by atoms with E-state index in [0.29, 0.717) is 9.75 Å². The highest BCUT2D eigenvalue weighted by atomic mass is 35.5. The van der Waals surface area contributed by atoms with Crippen LogP contribution in [-0.4, -0.2) is 4.98 Å². The lowest BCUT2D eigenvalue weighted by molar-refractivity contribution is -0.608. The topological polar surface area (TPSA) is 39.8 Å². The molecule has 1 aromatic heterocycles. The Labute approximate surface area is 51.1 Å². The lowest BCUT2D eigenvalue weighted by Gasteiger charge is -1.94. The summed E-state index contributed by atoms with van der Waals surface area (Å²) in [4.78, 5) is 3.50. The van der Waals surface area contributed by atoms with Crippen LogP contribution in [0.4, 0.5) is 0 Å². The van der Waals surface area contributed by atoms with Crippen LogP contribution >= 0.6 is 11.6 Å². The van der Waals surface area contributed by atoms with Gasteiger partial charge in [0.15, 0.2) is 6.20 Å². The monoisotopic (exact) mass is 130 g/mol. The molecule has 0 unspecified atom stereocenters. The highest BCUT2D eigenvalue weighted by Gasteiger charge is 1.88. The van der Waals surface area contributed by atoms with E-state index in [9.17, 15) is 5.21 Å². The Hall–Kier alpha value is -0.830. The van der Waals surface area contributed by atoms with E-state index in [1.165, 1.54) is 12.4 Å². The fourth-order valence-corrected chi connectivity index (χ4v) is 0.511. The zero-order valence-corrected chi connectivity index (χ0v) is 4.67. The van der Waals surface area contributed by atoms with Gasteiger partial charge in [-0.05, 0) is 0 Å². The van der Waals surface area contributed by atoms with Gasteiger partial charge in [-0.25, -0.2) is 4.73 Å². The molecular formula is C4H3ClN2O. The molecule has 0 amide bonds. The average Bonchev–Trinajstić information content (AvgIpc) is 1.64. The van der Waals surface area contributed by atoms with Crippen molar-refractivity contribution in [2.75, 3.05) is 0 Å². The molecule has 0 aliphatic carbocycles. The Bertz CT molecular complexity index is 174. The summed E-state index contributed by atoms with van der Waals surface area (Å²) in [5, 5.41) is 10.6. The second kappa shape index (κ2) is 1.96. The van der Waals surface area contributed by atoms with Gasteiger partial charge in [0, 0.05) is 0 Å². The molecule has 0 spiro atoms. The van der Waals surface area contributed by atoms with Gasteiger partial charge in [0.2, 0.25) is 0 Å². The van der Waals surface area contributed by atoms with Crippen molar-refractivity contribution in [3.63, 3.8) is 0 Å². The minimum atomic E-state index is 0.350. The highest BCUT2D eigenvalue weighted by molar-refractivity contribution is 6.30. The predicted octanol–water partition coefficient (Wildman–Crippen LogP) is 0.368. The molecule has 0 saturated heterocycles. The maximum absolute atomic E-state index is 10.3. The van der Waals surface area contributed by atoms with Crippen LogP contribution in [0.5, 0.6) is 0 Å². The molecule has 0 bridgehead atoms. The molecule has 0 aromatic carbocycles. The third-order valence-corrected chi connectivity index (χ3v) is 0.824. The quantitative estimate of drug-likeness (QED) is 0.376. The Kier molecular flexibility index (Phi) is 1.30. The fraction of sp³-hybridized carbons (Fsp3) is 0. The van der Waals surface area contributed by atoms with Gasteiger partial charge >= 0.3 is 0 Å². The SMILES string of the molecule is [O-][n+]1cncc(Cl)c1. The Morgan fingerprint density at radius 1 is 1.75 bits per heavy atom. The normalized spacial score (nSPS) is 9.12. The number of aromatic nitrogens is 2. The summed E-state index contributed by atoms with van der Waals surface area (Å²) in [6.07, 6.45) is 3.76. The van der Waals surface area contributed by atoms with E-state index in [4.69, 9.17) is 11.6 Å². The van der Waals surface area contributed by atoms with Gasteiger partial charge in [-0.3, -0.25) is 0 Å². The van der Waals surface area contributed by atoms with Gasteiger partial charge in [0.1, 0.15) is 11.2 Å². The largest absolute Gasteiger partial charge is 0.711 e. The molecule has 42 valence electrons. The van der Waals surface area contributed by atoms with Crippen LogP contribution in [0.15, 0.2) is 18.7 Å². The van der Waals surface area contributed by atoms with Crippen molar-refractivity contribution in [1.82, 2.24) is 4.98 Å². The minimum absolute atomic E-state index is 0.350. The molecule has 8 heavy (non-hydrogen) atoms. The standard InChI is InChI=1S/C4H3ClN2O/c5-4-1-6-3-7(8)2-4/h1-3H. The molecule has 0 aliphatic rings. The maximum atomic E-state index is 10.3. The molecule has 1 aromatic rings. The van der Waals surface area contributed by atoms with E-state index in [2.05, 4.69) is 4.98 Å². The van der Waals surface area contributed by atoms with Crippen molar-refractivity contribution < 1.29 is 4.73 Å². The third-order valence-electron chi connectivity index (χ3n) is 0.629. The van der Waals surface area contributed by atoms with Crippen LogP contribution in [0.2, 0.25) is 5.02 Å². The molecule has 0 saturated carbocycles. The number of nitrogens with zero attached hydrogens (tertiary/aromatic N) is 2. The summed E-state index contributed by atoms with van der Waals surface area (Å²) >= 11 is 5.36. The van der Waals surface area contributed by atoms with Crippen molar-refractivity contribution in [2.24, 2.45) is 0 Å². The second-order valence-corrected chi connectivity index (χ2v) is 1.70. The van der Waals surface area contributed by atoms with E-state index >= 15 is 0 Å². The van der Waals surface area contributed by atoms with Crippen LogP contribution in [0.25, 0.3) is 0 Å². The van der Waals surface area contributed by atoms with Gasteiger partial charge < -0.3 is 5.21 Å². The average molecular weight is 131 g/mol. The van der Waals surface area contributed by atoms with Gasteiger partial charge in [-0.15, -0.1) is 0 Å². The Morgan fingerprint density at radius 3 is 2.88 bits per heavy atom. The summed E-state index contributed by atoms with van der Waals surface area (Å²) in [6.45, 7) is 0. The zero-order chi connectivity index (χ0) is 5.98. The van der Waals surface area contributed by atoms with Crippen molar-refractivity contribution >= 4 is 11.6 Å². The number of halogens is 1. The molecule has 3 nitrogen and oxygen atoms in total. The van der Waals surface area contributed by atoms with Crippen molar-refractivity contribution in [1.29, 1.82) is 0 Å². The van der Waals surface area contributed by atoms with Crippen LogP contribution in [0, 0.1) is 5.21 Å². The van der Waals surface area contributed by atoms with Crippen LogP contribution < -0.4 is 4.73 Å². The predicted molar refractivity (Wildman–Crippen MR) is 28.2 cm³/mol. The van der Waals surface area contributed by atoms with Gasteiger partial charge in [-0.1, -0.05) is 16.6 Å². The van der Waals surface area contributed by atoms with E-state index in [1.807, 2.05) is 0 Å². The Balaban J connectivity index is 3.08. The molecule has 1 heterocycles. The molecule has 0 aliphatic heterocycles. The van der Waals surface area contributed by atoms with E-state index in [-0.39, 0.29) is 0 Å². The number of hydrogen-bond donors (Lipinski definition) is 0. The zero-order valence-electron chi connectivity index (χ0n) is 3.91. The molecule has 0 atom stereocenters. The lowest BCUT2D eigenvalue weighted by atomic mass is 10.7. The number of rotatable bonds is 0. The summed E-state index contributed by atoms with van der Waals surface area (Å²) in [5.74, 6) is 0. The lowest BCUT2D eigenvalue weighted by Crippen LogP contribution is -2.24. The van der Waals surface area contributed by atoms with E-state index in [1.54, 1.807) is 0 Å². The second-order valence-electron chi connectivity index (χ2n) is 1.27. The first-order chi connectivity index (χ1) is 3.79. The van der Waals surface area contributed by atoms with Gasteiger partial charge in [0.05, 0.1) is 0 Å². The smallest absolute Gasteiger partial charge is 0.289 e. The van der Waals surface area contributed by atoms with Gasteiger partial charge in [0.25, 0.3) is 6.33 Å². The molecule has 0 fully saturated rings. The van der Waals surface area contributed by atoms with E-state index < -0.39 is 0 Å². The summed E-state index contributed by atoms with van der Waals surface area (Å²) in [5.41, 5.74) is 0. The molecular weight excluding hydrogens is 128 g/mol. The van der Waals surface area contributed by atoms with Crippen molar-refractivity contribution in [3.05, 3.63) is 29.0 Å². The highest BCUT2D eigenvalue weighted by Crippen LogP contribution is 1.97. The van der Waals surface area contributed by atoms with Crippen LogP contribution in [0.3, 0.4) is 0 Å². The molecule has 1 rings (SSSR count). The van der Waals surface area contributed by atoms with Crippen molar-refractivity contribution in [2.45, 2.75) is 0 Å². The molecule has 0 radical (unpaired) electrons. The minimum Gasteiger partial charge on any atom is -0.711 e. The van der Waals surface area contributed by atoms with Crippen LogP contribution in [0.1, 0.15) is 0 Å². The van der Waals surface area contributed by atoms with Gasteiger partial charge in [-0.2, -0.15) is 0 Å². The summed E-state index contributed by atoms with van der Waals surface area (Å²) in [6, 6.07) is 0. The summed E-state index contributed by atoms with van der Waals surface area (Å²) < 4.78 is 0.544. The Morgan fingerprint density at radius 2 is 2.50 bits per heavy atom. The molecule has 0 N–H and O–H groups in total. The molecule has 4 heteroatoms. The van der Waals surface area contributed by atoms with Crippen molar-refractivity contribution in [3.8, 4) is 0 Å². The number of hydrogen-bond acceptors (Lipinski definition) is 2. The maximum Gasteiger partial charge on any atom is 0.289 e. The first-order valence-electron chi connectivity index (χ1n) is 1.98. The van der Waals surface area contributed by atoms with Crippen LogP contribution in [-0.2, 0) is 0 Å².